The van der Waals surface area contributed by atoms with Crippen LogP contribution >= 0.6 is 0 Å². The molecule has 134 valence electrons. The Kier molecular flexibility index (Phi) is 3.80. The number of para-hydroxylation sites is 2. The van der Waals surface area contributed by atoms with Gasteiger partial charge in [0.25, 0.3) is 0 Å². The van der Waals surface area contributed by atoms with Gasteiger partial charge in [-0.15, -0.1) is 0 Å². The molecular formula is C22H15N5O. The first-order valence-electron chi connectivity index (χ1n) is 8.86. The molecule has 1 N–H and O–H groups in total. The zero-order chi connectivity index (χ0) is 18.9. The van der Waals surface area contributed by atoms with Crippen molar-refractivity contribution in [1.82, 2.24) is 24.7 Å². The van der Waals surface area contributed by atoms with Gasteiger partial charge in [-0.2, -0.15) is 5.10 Å². The van der Waals surface area contributed by atoms with Crippen LogP contribution in [-0.4, -0.2) is 24.7 Å². The molecule has 0 radical (unpaired) electrons. The number of nitrogens with one attached hydrogen (secondary N) is 1. The van der Waals surface area contributed by atoms with Gasteiger partial charge in [-0.1, -0.05) is 42.5 Å². The van der Waals surface area contributed by atoms with Crippen molar-refractivity contribution in [1.29, 1.82) is 0 Å². The van der Waals surface area contributed by atoms with Crippen LogP contribution in [0.3, 0.4) is 0 Å². The first kappa shape index (κ1) is 16.1. The van der Waals surface area contributed by atoms with Crippen molar-refractivity contribution >= 4 is 10.9 Å². The third-order valence-electron chi connectivity index (χ3n) is 4.57. The third-order valence-corrected chi connectivity index (χ3v) is 4.57. The van der Waals surface area contributed by atoms with Gasteiger partial charge >= 0.3 is 5.69 Å². The lowest BCUT2D eigenvalue weighted by Crippen LogP contribution is -2.15. The summed E-state index contributed by atoms with van der Waals surface area (Å²) in [6, 6.07) is 24.9. The molecule has 0 aliphatic carbocycles. The van der Waals surface area contributed by atoms with Crippen LogP contribution in [0.4, 0.5) is 0 Å². The number of aromatic amines is 1. The minimum absolute atomic E-state index is 0.290. The summed E-state index contributed by atoms with van der Waals surface area (Å²) in [6.07, 6.45) is 1.74. The lowest BCUT2D eigenvalue weighted by molar-refractivity contribution is 0.986. The van der Waals surface area contributed by atoms with Crippen LogP contribution in [0.5, 0.6) is 0 Å². The zero-order valence-corrected chi connectivity index (χ0v) is 14.8. The largest absolute Gasteiger partial charge is 0.348 e. The van der Waals surface area contributed by atoms with Crippen LogP contribution in [0.15, 0.2) is 89.9 Å². The maximum Gasteiger partial charge on any atom is 0.348 e. The highest BCUT2D eigenvalue weighted by atomic mass is 16.1. The molecule has 3 aromatic heterocycles. The van der Waals surface area contributed by atoms with E-state index < -0.39 is 0 Å². The zero-order valence-electron chi connectivity index (χ0n) is 14.8. The Bertz CT molecular complexity index is 1320. The van der Waals surface area contributed by atoms with E-state index >= 15 is 0 Å². The highest BCUT2D eigenvalue weighted by molar-refractivity contribution is 5.95. The van der Waals surface area contributed by atoms with E-state index in [2.05, 4.69) is 15.2 Å². The molecule has 0 saturated carbocycles. The Balaban J connectivity index is 1.82. The average Bonchev–Trinajstić information content (AvgIpc) is 3.15. The van der Waals surface area contributed by atoms with Crippen LogP contribution < -0.4 is 5.69 Å². The van der Waals surface area contributed by atoms with Crippen molar-refractivity contribution in [2.24, 2.45) is 0 Å². The predicted octanol–water partition coefficient (Wildman–Crippen LogP) is 3.84. The van der Waals surface area contributed by atoms with E-state index in [1.807, 2.05) is 78.9 Å². The summed E-state index contributed by atoms with van der Waals surface area (Å²) < 4.78 is 1.57. The monoisotopic (exact) mass is 365 g/mol. The summed E-state index contributed by atoms with van der Waals surface area (Å²) in [7, 11) is 0. The summed E-state index contributed by atoms with van der Waals surface area (Å²) in [5.74, 6) is 0.534. The summed E-state index contributed by atoms with van der Waals surface area (Å²) >= 11 is 0. The third kappa shape index (κ3) is 2.68. The van der Waals surface area contributed by atoms with Gasteiger partial charge in [0.15, 0.2) is 5.82 Å². The van der Waals surface area contributed by atoms with E-state index in [9.17, 15) is 4.79 Å². The Morgan fingerprint density at radius 3 is 2.43 bits per heavy atom. The van der Waals surface area contributed by atoms with E-state index in [0.717, 1.165) is 33.5 Å². The molecule has 0 fully saturated rings. The minimum Gasteiger partial charge on any atom is -0.255 e. The molecule has 0 bridgehead atoms. The minimum atomic E-state index is -0.290. The predicted molar refractivity (Wildman–Crippen MR) is 108 cm³/mol. The topological polar surface area (TPSA) is 76.5 Å². The number of nitrogens with zero attached hydrogens (tertiary/aromatic N) is 4. The molecule has 0 amide bonds. The maximum absolute atomic E-state index is 12.5. The molecule has 28 heavy (non-hydrogen) atoms. The van der Waals surface area contributed by atoms with E-state index in [4.69, 9.17) is 4.98 Å². The average molecular weight is 365 g/mol. The fourth-order valence-corrected chi connectivity index (χ4v) is 3.30. The number of hydrogen-bond acceptors (Lipinski definition) is 4. The number of pyridine rings is 2. The van der Waals surface area contributed by atoms with Crippen molar-refractivity contribution < 1.29 is 0 Å². The van der Waals surface area contributed by atoms with Gasteiger partial charge in [-0.3, -0.25) is 4.98 Å². The fourth-order valence-electron chi connectivity index (χ4n) is 3.30. The highest BCUT2D eigenvalue weighted by Crippen LogP contribution is 2.30. The summed E-state index contributed by atoms with van der Waals surface area (Å²) in [5, 5.41) is 7.82. The van der Waals surface area contributed by atoms with E-state index in [-0.39, 0.29) is 5.69 Å². The summed E-state index contributed by atoms with van der Waals surface area (Å²) in [4.78, 5) is 21.7. The normalized spacial score (nSPS) is 11.0. The first-order valence-corrected chi connectivity index (χ1v) is 8.86. The molecule has 0 unspecified atom stereocenters. The van der Waals surface area contributed by atoms with Gasteiger partial charge in [0.05, 0.1) is 22.6 Å². The summed E-state index contributed by atoms with van der Waals surface area (Å²) in [5.41, 5.74) is 3.57. The van der Waals surface area contributed by atoms with Crippen molar-refractivity contribution in [3.05, 3.63) is 95.5 Å². The first-order chi connectivity index (χ1) is 13.8. The fraction of sp³-hybridized carbons (Fsp3) is 0. The van der Waals surface area contributed by atoms with Gasteiger partial charge in [0.2, 0.25) is 0 Å². The highest BCUT2D eigenvalue weighted by Gasteiger charge is 2.17. The Morgan fingerprint density at radius 2 is 1.61 bits per heavy atom. The maximum atomic E-state index is 12.5. The van der Waals surface area contributed by atoms with E-state index in [0.29, 0.717) is 5.82 Å². The van der Waals surface area contributed by atoms with Crippen molar-refractivity contribution in [3.8, 4) is 28.5 Å². The molecule has 5 rings (SSSR count). The van der Waals surface area contributed by atoms with Crippen LogP contribution in [0.1, 0.15) is 0 Å². The number of H-pyrrole nitrogens is 1. The van der Waals surface area contributed by atoms with E-state index in [1.54, 1.807) is 10.8 Å². The SMILES string of the molecule is O=c1[nH]nc(-c2cc(-c3ccccn3)nc3ccccc23)n1-c1ccccc1. The van der Waals surface area contributed by atoms with Crippen LogP contribution in [0, 0.1) is 0 Å². The Hall–Kier alpha value is -4.06. The molecule has 5 aromatic rings. The Labute approximate surface area is 160 Å². The second-order valence-corrected chi connectivity index (χ2v) is 6.31. The standard InChI is InChI=1S/C22H15N5O/c28-22-26-25-21(27(22)15-8-2-1-3-9-15)17-14-20(19-12-6-7-13-23-19)24-18-11-5-4-10-16(17)18/h1-14H,(H,26,28). The molecule has 0 spiro atoms. The molecule has 0 atom stereocenters. The van der Waals surface area contributed by atoms with Gasteiger partial charge < -0.3 is 0 Å². The molecule has 0 saturated heterocycles. The number of fused-ring (bicyclic) bond motifs is 1. The lowest BCUT2D eigenvalue weighted by atomic mass is 10.1. The second-order valence-electron chi connectivity index (χ2n) is 6.31. The molecular weight excluding hydrogens is 350 g/mol. The second kappa shape index (κ2) is 6.59. The van der Waals surface area contributed by atoms with Crippen LogP contribution in [0.25, 0.3) is 39.4 Å². The molecule has 0 aliphatic heterocycles. The van der Waals surface area contributed by atoms with Gasteiger partial charge in [0, 0.05) is 17.1 Å². The quantitative estimate of drug-likeness (QED) is 0.527. The number of hydrogen-bond donors (Lipinski definition) is 1. The lowest BCUT2D eigenvalue weighted by Gasteiger charge is -2.10. The van der Waals surface area contributed by atoms with Crippen molar-refractivity contribution in [3.63, 3.8) is 0 Å². The van der Waals surface area contributed by atoms with Crippen molar-refractivity contribution in [2.45, 2.75) is 0 Å². The smallest absolute Gasteiger partial charge is 0.255 e. The van der Waals surface area contributed by atoms with Crippen LogP contribution in [0.2, 0.25) is 0 Å². The molecule has 0 aliphatic rings. The van der Waals surface area contributed by atoms with Gasteiger partial charge in [-0.25, -0.2) is 19.4 Å². The van der Waals surface area contributed by atoms with Crippen LogP contribution in [-0.2, 0) is 0 Å². The van der Waals surface area contributed by atoms with E-state index in [1.165, 1.54) is 0 Å². The molecule has 6 nitrogen and oxygen atoms in total. The van der Waals surface area contributed by atoms with Gasteiger partial charge in [0.1, 0.15) is 0 Å². The van der Waals surface area contributed by atoms with Crippen molar-refractivity contribution in [2.75, 3.05) is 0 Å². The molecule has 3 heterocycles. The Morgan fingerprint density at radius 1 is 0.821 bits per heavy atom. The van der Waals surface area contributed by atoms with Gasteiger partial charge in [-0.05, 0) is 36.4 Å². The number of aromatic nitrogens is 5. The number of benzene rings is 2. The molecule has 2 aromatic carbocycles. The molecule has 6 heteroatoms. The summed E-state index contributed by atoms with van der Waals surface area (Å²) in [6.45, 7) is 0. The number of rotatable bonds is 3.